The van der Waals surface area contributed by atoms with Crippen molar-refractivity contribution in [2.45, 2.75) is 32.6 Å². The fraction of sp³-hybridized carbons (Fsp3) is 0.526. The van der Waals surface area contributed by atoms with Gasteiger partial charge in [0.1, 0.15) is 0 Å². The van der Waals surface area contributed by atoms with Crippen molar-refractivity contribution in [3.8, 4) is 0 Å². The Labute approximate surface area is 147 Å². The van der Waals surface area contributed by atoms with Gasteiger partial charge in [-0.1, -0.05) is 0 Å². The molecule has 0 spiro atoms. The SMILES string of the molecule is CCOC(=O)C1CCCN(C(=O)c2ccc3c(c2)CCC(=O)N3C)C1. The molecule has 2 amide bonds. The first-order chi connectivity index (χ1) is 12.0. The lowest BCUT2D eigenvalue weighted by molar-refractivity contribution is -0.149. The van der Waals surface area contributed by atoms with Crippen LogP contribution in [0.2, 0.25) is 0 Å². The highest BCUT2D eigenvalue weighted by molar-refractivity contribution is 5.99. The van der Waals surface area contributed by atoms with Gasteiger partial charge in [-0.05, 0) is 49.9 Å². The summed E-state index contributed by atoms with van der Waals surface area (Å²) >= 11 is 0. The minimum atomic E-state index is -0.237. The number of likely N-dealkylation sites (tertiary alicyclic amines) is 1. The third kappa shape index (κ3) is 3.52. The van der Waals surface area contributed by atoms with Crippen LogP contribution >= 0.6 is 0 Å². The monoisotopic (exact) mass is 344 g/mol. The summed E-state index contributed by atoms with van der Waals surface area (Å²) in [7, 11) is 1.76. The number of benzene rings is 1. The maximum atomic E-state index is 12.9. The Morgan fingerprint density at radius 3 is 2.84 bits per heavy atom. The molecule has 1 atom stereocenters. The number of anilines is 1. The predicted molar refractivity (Wildman–Crippen MR) is 93.4 cm³/mol. The van der Waals surface area contributed by atoms with Crippen LogP contribution in [0.4, 0.5) is 5.69 Å². The Kier molecular flexibility index (Phi) is 5.06. The number of ether oxygens (including phenoxy) is 1. The van der Waals surface area contributed by atoms with E-state index in [1.807, 2.05) is 12.1 Å². The number of piperidine rings is 1. The zero-order chi connectivity index (χ0) is 18.0. The topological polar surface area (TPSA) is 66.9 Å². The summed E-state index contributed by atoms with van der Waals surface area (Å²) in [6.45, 7) is 3.22. The lowest BCUT2D eigenvalue weighted by Crippen LogP contribution is -2.43. The number of esters is 1. The molecule has 6 nitrogen and oxygen atoms in total. The molecular formula is C19H24N2O4. The van der Waals surface area contributed by atoms with Crippen molar-refractivity contribution in [3.05, 3.63) is 29.3 Å². The Bertz CT molecular complexity index is 701. The third-order valence-electron chi connectivity index (χ3n) is 5.00. The quantitative estimate of drug-likeness (QED) is 0.787. The zero-order valence-corrected chi connectivity index (χ0v) is 14.8. The molecule has 1 aromatic carbocycles. The van der Waals surface area contributed by atoms with E-state index in [-0.39, 0.29) is 23.7 Å². The number of amides is 2. The molecule has 0 aromatic heterocycles. The molecule has 0 bridgehead atoms. The highest BCUT2D eigenvalue weighted by Crippen LogP contribution is 2.28. The van der Waals surface area contributed by atoms with E-state index in [9.17, 15) is 14.4 Å². The van der Waals surface area contributed by atoms with Crippen LogP contribution in [0.1, 0.15) is 42.1 Å². The molecule has 6 heteroatoms. The van der Waals surface area contributed by atoms with Crippen LogP contribution in [0.15, 0.2) is 18.2 Å². The first kappa shape index (κ1) is 17.5. The zero-order valence-electron chi connectivity index (χ0n) is 14.8. The van der Waals surface area contributed by atoms with Gasteiger partial charge >= 0.3 is 5.97 Å². The van der Waals surface area contributed by atoms with Gasteiger partial charge in [0.25, 0.3) is 5.91 Å². The average Bonchev–Trinajstić information content (AvgIpc) is 2.64. The number of carbonyl (C=O) groups is 3. The number of rotatable bonds is 3. The van der Waals surface area contributed by atoms with Crippen LogP contribution in [-0.4, -0.2) is 49.4 Å². The number of hydrogen-bond donors (Lipinski definition) is 0. The van der Waals surface area contributed by atoms with Gasteiger partial charge in [0.15, 0.2) is 0 Å². The van der Waals surface area contributed by atoms with Crippen LogP contribution in [0.5, 0.6) is 0 Å². The molecule has 2 aliphatic rings. The molecule has 134 valence electrons. The van der Waals surface area contributed by atoms with Crippen LogP contribution in [0.25, 0.3) is 0 Å². The number of fused-ring (bicyclic) bond motifs is 1. The highest BCUT2D eigenvalue weighted by Gasteiger charge is 2.30. The highest BCUT2D eigenvalue weighted by atomic mass is 16.5. The van der Waals surface area contributed by atoms with E-state index in [2.05, 4.69) is 0 Å². The third-order valence-corrected chi connectivity index (χ3v) is 5.00. The van der Waals surface area contributed by atoms with Crippen molar-refractivity contribution < 1.29 is 19.1 Å². The molecule has 0 aliphatic carbocycles. The normalized spacial score (nSPS) is 20.2. The van der Waals surface area contributed by atoms with Gasteiger partial charge < -0.3 is 14.5 Å². The van der Waals surface area contributed by atoms with E-state index < -0.39 is 0 Å². The molecule has 2 aliphatic heterocycles. The standard InChI is InChI=1S/C19H24N2O4/c1-3-25-19(24)15-5-4-10-21(12-15)18(23)14-6-8-16-13(11-14)7-9-17(22)20(16)2/h6,8,11,15H,3-5,7,9-10,12H2,1-2H3. The van der Waals surface area contributed by atoms with Crippen molar-refractivity contribution in [2.75, 3.05) is 31.6 Å². The lowest BCUT2D eigenvalue weighted by atomic mass is 9.96. The van der Waals surface area contributed by atoms with E-state index >= 15 is 0 Å². The molecule has 1 fully saturated rings. The van der Waals surface area contributed by atoms with Gasteiger partial charge in [-0.3, -0.25) is 14.4 Å². The Balaban J connectivity index is 1.75. The Morgan fingerprint density at radius 2 is 2.08 bits per heavy atom. The average molecular weight is 344 g/mol. The summed E-state index contributed by atoms with van der Waals surface area (Å²) in [4.78, 5) is 40.0. The van der Waals surface area contributed by atoms with Crippen LogP contribution < -0.4 is 4.90 Å². The first-order valence-electron chi connectivity index (χ1n) is 8.86. The number of hydrogen-bond acceptors (Lipinski definition) is 4. The van der Waals surface area contributed by atoms with Crippen molar-refractivity contribution in [2.24, 2.45) is 5.92 Å². The van der Waals surface area contributed by atoms with Crippen molar-refractivity contribution in [1.29, 1.82) is 0 Å². The lowest BCUT2D eigenvalue weighted by Gasteiger charge is -2.32. The fourth-order valence-electron chi connectivity index (χ4n) is 3.59. The van der Waals surface area contributed by atoms with E-state index in [1.165, 1.54) is 0 Å². The Morgan fingerprint density at radius 1 is 1.28 bits per heavy atom. The second-order valence-electron chi connectivity index (χ2n) is 6.64. The van der Waals surface area contributed by atoms with E-state index in [0.29, 0.717) is 38.1 Å². The van der Waals surface area contributed by atoms with Crippen molar-refractivity contribution in [3.63, 3.8) is 0 Å². The van der Waals surface area contributed by atoms with Crippen molar-refractivity contribution in [1.82, 2.24) is 4.90 Å². The summed E-state index contributed by atoms with van der Waals surface area (Å²) in [5.41, 5.74) is 2.51. The molecular weight excluding hydrogens is 320 g/mol. The molecule has 1 unspecified atom stereocenters. The molecule has 2 heterocycles. The number of carbonyl (C=O) groups excluding carboxylic acids is 3. The second-order valence-corrected chi connectivity index (χ2v) is 6.64. The minimum absolute atomic E-state index is 0.0589. The second kappa shape index (κ2) is 7.25. The van der Waals surface area contributed by atoms with Crippen molar-refractivity contribution >= 4 is 23.5 Å². The summed E-state index contributed by atoms with van der Waals surface area (Å²) in [5.74, 6) is -0.416. The van der Waals surface area contributed by atoms with Gasteiger partial charge in [-0.2, -0.15) is 0 Å². The fourth-order valence-corrected chi connectivity index (χ4v) is 3.59. The van der Waals surface area contributed by atoms with Gasteiger partial charge in [0, 0.05) is 37.8 Å². The molecule has 25 heavy (non-hydrogen) atoms. The van der Waals surface area contributed by atoms with Gasteiger partial charge in [-0.15, -0.1) is 0 Å². The number of aryl methyl sites for hydroxylation is 1. The smallest absolute Gasteiger partial charge is 0.310 e. The van der Waals surface area contributed by atoms with Crippen LogP contribution in [0.3, 0.4) is 0 Å². The van der Waals surface area contributed by atoms with Gasteiger partial charge in [-0.25, -0.2) is 0 Å². The van der Waals surface area contributed by atoms with Gasteiger partial charge in [0.05, 0.1) is 12.5 Å². The molecule has 0 saturated carbocycles. The summed E-state index contributed by atoms with van der Waals surface area (Å²) in [5, 5.41) is 0. The number of nitrogens with zero attached hydrogens (tertiary/aromatic N) is 2. The summed E-state index contributed by atoms with van der Waals surface area (Å²) in [6, 6.07) is 5.49. The van der Waals surface area contributed by atoms with Gasteiger partial charge in [0.2, 0.25) is 5.91 Å². The maximum absolute atomic E-state index is 12.9. The molecule has 1 saturated heterocycles. The van der Waals surface area contributed by atoms with E-state index in [0.717, 1.165) is 24.1 Å². The van der Waals surface area contributed by atoms with Crippen LogP contribution in [0, 0.1) is 5.92 Å². The first-order valence-corrected chi connectivity index (χ1v) is 8.86. The maximum Gasteiger partial charge on any atom is 0.310 e. The minimum Gasteiger partial charge on any atom is -0.466 e. The summed E-state index contributed by atoms with van der Waals surface area (Å²) < 4.78 is 5.10. The molecule has 3 rings (SSSR count). The molecule has 0 radical (unpaired) electrons. The predicted octanol–water partition coefficient (Wildman–Crippen LogP) is 2.01. The van der Waals surface area contributed by atoms with E-state index in [1.54, 1.807) is 29.8 Å². The molecule has 1 aromatic rings. The summed E-state index contributed by atoms with van der Waals surface area (Å²) in [6.07, 6.45) is 2.69. The largest absolute Gasteiger partial charge is 0.466 e. The Hall–Kier alpha value is -2.37. The van der Waals surface area contributed by atoms with E-state index in [4.69, 9.17) is 4.74 Å². The molecule has 0 N–H and O–H groups in total. The van der Waals surface area contributed by atoms with Crippen LogP contribution in [-0.2, 0) is 20.7 Å².